The molecule has 3 N–H and O–H groups in total. The van der Waals surface area contributed by atoms with Gasteiger partial charge in [-0.25, -0.2) is 0 Å². The fourth-order valence-corrected chi connectivity index (χ4v) is 3.23. The Bertz CT molecular complexity index is 748. The normalized spacial score (nSPS) is 12.9. The van der Waals surface area contributed by atoms with Gasteiger partial charge in [-0.3, -0.25) is 9.59 Å². The predicted octanol–water partition coefficient (Wildman–Crippen LogP) is 3.30. The first-order chi connectivity index (χ1) is 12.4. The van der Waals surface area contributed by atoms with E-state index in [1.165, 1.54) is 7.11 Å². The molecule has 0 aliphatic carbocycles. The lowest BCUT2D eigenvalue weighted by molar-refractivity contribution is -0.140. The van der Waals surface area contributed by atoms with Crippen LogP contribution in [0.5, 0.6) is 0 Å². The maximum atomic E-state index is 12.6. The molecule has 1 atom stereocenters. The summed E-state index contributed by atoms with van der Waals surface area (Å²) in [7, 11) is 1.39. The second-order valence-corrected chi connectivity index (χ2v) is 7.21. The molecule has 6 heteroatoms. The van der Waals surface area contributed by atoms with E-state index in [1.807, 2.05) is 54.6 Å². The van der Waals surface area contributed by atoms with Crippen molar-refractivity contribution in [1.29, 1.82) is 0 Å². The number of nitrogens with two attached hydrogens (primary N) is 1. The van der Waals surface area contributed by atoms with Crippen LogP contribution in [0.3, 0.4) is 0 Å². The molecule has 0 saturated carbocycles. The van der Waals surface area contributed by atoms with E-state index >= 15 is 0 Å². The summed E-state index contributed by atoms with van der Waals surface area (Å²) in [5.74, 6) is 0.970. The van der Waals surface area contributed by atoms with Crippen LogP contribution >= 0.6 is 11.8 Å². The van der Waals surface area contributed by atoms with Crippen molar-refractivity contribution in [1.82, 2.24) is 0 Å². The highest BCUT2D eigenvalue weighted by atomic mass is 32.2. The van der Waals surface area contributed by atoms with Crippen molar-refractivity contribution in [3.8, 4) is 0 Å². The van der Waals surface area contributed by atoms with Crippen LogP contribution in [-0.4, -0.2) is 24.7 Å². The number of amides is 1. The van der Waals surface area contributed by atoms with Crippen molar-refractivity contribution in [2.24, 2.45) is 5.73 Å². The van der Waals surface area contributed by atoms with Crippen LogP contribution in [0.4, 0.5) is 5.69 Å². The Balaban J connectivity index is 1.95. The molecular formula is C20H24N2O3S. The van der Waals surface area contributed by atoms with Crippen molar-refractivity contribution in [2.75, 3.05) is 18.2 Å². The highest BCUT2D eigenvalue weighted by Crippen LogP contribution is 2.22. The van der Waals surface area contributed by atoms with Gasteiger partial charge in [-0.15, -0.1) is 0 Å². The molecule has 0 aromatic heterocycles. The molecule has 2 aromatic carbocycles. The maximum Gasteiger partial charge on any atom is 0.306 e. The van der Waals surface area contributed by atoms with Crippen LogP contribution in [0.25, 0.3) is 0 Å². The number of carbonyl (C=O) groups is 2. The minimum Gasteiger partial charge on any atom is -0.469 e. The van der Waals surface area contributed by atoms with Gasteiger partial charge in [0.15, 0.2) is 0 Å². The average molecular weight is 372 g/mol. The lowest BCUT2D eigenvalue weighted by Crippen LogP contribution is -2.45. The third-order valence-electron chi connectivity index (χ3n) is 3.98. The number of benzene rings is 2. The lowest BCUT2D eigenvalue weighted by atomic mass is 9.92. The third kappa shape index (κ3) is 5.61. The molecule has 0 aliphatic heterocycles. The fourth-order valence-electron chi connectivity index (χ4n) is 2.36. The number of hydrogen-bond donors (Lipinski definition) is 2. The number of rotatable bonds is 8. The van der Waals surface area contributed by atoms with Gasteiger partial charge < -0.3 is 15.8 Å². The Kier molecular flexibility index (Phi) is 7.24. The molecule has 0 saturated heterocycles. The first-order valence-electron chi connectivity index (χ1n) is 8.33. The van der Waals surface area contributed by atoms with Crippen molar-refractivity contribution in [2.45, 2.75) is 24.6 Å². The van der Waals surface area contributed by atoms with E-state index in [4.69, 9.17) is 5.73 Å². The zero-order valence-corrected chi connectivity index (χ0v) is 15.8. The summed E-state index contributed by atoms with van der Waals surface area (Å²) in [5, 5.41) is 2.89. The number of carbonyl (C=O) groups excluding carboxylic acids is 2. The Labute approximate surface area is 158 Å². The van der Waals surface area contributed by atoms with E-state index in [0.29, 0.717) is 17.9 Å². The van der Waals surface area contributed by atoms with E-state index in [2.05, 4.69) is 10.1 Å². The number of nitrogens with one attached hydrogen (secondary N) is 1. The molecule has 5 nitrogen and oxygen atoms in total. The molecule has 0 heterocycles. The fraction of sp³-hybridized carbons (Fsp3) is 0.300. The summed E-state index contributed by atoms with van der Waals surface area (Å²) in [5.41, 5.74) is 7.65. The summed E-state index contributed by atoms with van der Waals surface area (Å²) >= 11 is 1.64. The van der Waals surface area contributed by atoms with Crippen LogP contribution in [0, 0.1) is 0 Å². The summed E-state index contributed by atoms with van der Waals surface area (Å²) < 4.78 is 4.62. The number of thioether (sulfide) groups is 1. The second kappa shape index (κ2) is 9.40. The van der Waals surface area contributed by atoms with Gasteiger partial charge in [-0.1, -0.05) is 42.5 Å². The van der Waals surface area contributed by atoms with Crippen LogP contribution < -0.4 is 11.1 Å². The third-order valence-corrected chi connectivity index (χ3v) is 5.01. The quantitative estimate of drug-likeness (QED) is 0.549. The maximum absolute atomic E-state index is 12.6. The van der Waals surface area contributed by atoms with Crippen molar-refractivity contribution in [3.63, 3.8) is 0 Å². The van der Waals surface area contributed by atoms with Crippen molar-refractivity contribution < 1.29 is 14.3 Å². The Morgan fingerprint density at radius 2 is 1.88 bits per heavy atom. The summed E-state index contributed by atoms with van der Waals surface area (Å²) in [6, 6.07) is 16.9. The summed E-state index contributed by atoms with van der Waals surface area (Å²) in [6.45, 7) is 1.70. The molecule has 2 rings (SSSR count). The number of hydrogen-bond acceptors (Lipinski definition) is 5. The van der Waals surface area contributed by atoms with E-state index in [9.17, 15) is 9.59 Å². The zero-order valence-electron chi connectivity index (χ0n) is 15.0. The van der Waals surface area contributed by atoms with Gasteiger partial charge in [0.05, 0.1) is 13.5 Å². The summed E-state index contributed by atoms with van der Waals surface area (Å²) in [4.78, 5) is 23.7. The average Bonchev–Trinajstić information content (AvgIpc) is 2.66. The molecule has 0 spiro atoms. The van der Waals surface area contributed by atoms with Gasteiger partial charge in [0, 0.05) is 17.2 Å². The van der Waals surface area contributed by atoms with Gasteiger partial charge in [-0.05, 0) is 30.2 Å². The predicted molar refractivity (Wildman–Crippen MR) is 106 cm³/mol. The van der Waals surface area contributed by atoms with Crippen LogP contribution in [-0.2, 0) is 25.6 Å². The number of methoxy groups -OCH3 is 1. The van der Waals surface area contributed by atoms with Gasteiger partial charge in [-0.2, -0.15) is 11.8 Å². The standard InChI is InChI=1S/C20H24N2O3S/c1-20(21,16-8-4-3-5-9-16)19(24)22-17-10-6-7-15(13-17)14-26-12-11-18(23)25-2/h3-10,13H,11-12,14,21H2,1-2H3,(H,22,24). The van der Waals surface area contributed by atoms with Crippen molar-refractivity contribution in [3.05, 3.63) is 65.7 Å². The molecule has 0 fully saturated rings. The largest absolute Gasteiger partial charge is 0.469 e. The van der Waals surface area contributed by atoms with E-state index in [-0.39, 0.29) is 11.9 Å². The first-order valence-corrected chi connectivity index (χ1v) is 9.48. The minimum absolute atomic E-state index is 0.207. The lowest BCUT2D eigenvalue weighted by Gasteiger charge is -2.24. The van der Waals surface area contributed by atoms with Crippen molar-refractivity contribution >= 4 is 29.3 Å². The Hall–Kier alpha value is -2.31. The Morgan fingerprint density at radius 1 is 1.15 bits per heavy atom. The molecule has 0 bridgehead atoms. The van der Waals surface area contributed by atoms with Gasteiger partial charge in [0.2, 0.25) is 5.91 Å². The molecule has 1 unspecified atom stereocenters. The van der Waals surface area contributed by atoms with E-state index in [0.717, 1.165) is 16.9 Å². The topological polar surface area (TPSA) is 81.4 Å². The number of ether oxygens (including phenoxy) is 1. The zero-order chi connectivity index (χ0) is 19.0. The molecule has 138 valence electrons. The molecule has 1 amide bonds. The van der Waals surface area contributed by atoms with E-state index < -0.39 is 5.54 Å². The van der Waals surface area contributed by atoms with Gasteiger partial charge >= 0.3 is 5.97 Å². The molecule has 0 radical (unpaired) electrons. The molecule has 0 aliphatic rings. The minimum atomic E-state index is -1.12. The highest BCUT2D eigenvalue weighted by molar-refractivity contribution is 7.98. The van der Waals surface area contributed by atoms with Crippen LogP contribution in [0.2, 0.25) is 0 Å². The van der Waals surface area contributed by atoms with Crippen LogP contribution in [0.1, 0.15) is 24.5 Å². The highest BCUT2D eigenvalue weighted by Gasteiger charge is 2.30. The molecule has 2 aromatic rings. The second-order valence-electron chi connectivity index (χ2n) is 6.10. The SMILES string of the molecule is COC(=O)CCSCc1cccc(NC(=O)C(C)(N)c2ccccc2)c1. The molecular weight excluding hydrogens is 348 g/mol. The van der Waals surface area contributed by atoms with Gasteiger partial charge in [0.1, 0.15) is 5.54 Å². The smallest absolute Gasteiger partial charge is 0.306 e. The van der Waals surface area contributed by atoms with Gasteiger partial charge in [0.25, 0.3) is 0 Å². The number of esters is 1. The van der Waals surface area contributed by atoms with Crippen LogP contribution in [0.15, 0.2) is 54.6 Å². The molecule has 26 heavy (non-hydrogen) atoms. The summed E-state index contributed by atoms with van der Waals surface area (Å²) in [6.07, 6.45) is 0.389. The number of anilines is 1. The first kappa shape index (κ1) is 20.0. The Morgan fingerprint density at radius 3 is 2.58 bits per heavy atom. The monoisotopic (exact) mass is 372 g/mol. The van der Waals surface area contributed by atoms with E-state index in [1.54, 1.807) is 18.7 Å².